The van der Waals surface area contributed by atoms with Crippen molar-refractivity contribution >= 4 is 33.6 Å². The number of hydrogen-bond acceptors (Lipinski definition) is 4. The number of urea groups is 1. The second-order valence-electron chi connectivity index (χ2n) is 1.12. The molecule has 0 spiro atoms. The van der Waals surface area contributed by atoms with E-state index in [2.05, 4.69) is 22.3 Å². The monoisotopic (exact) mass is 181 g/mol. The lowest BCUT2D eigenvalue weighted by Crippen LogP contribution is -2.33. The third kappa shape index (κ3) is 3.96. The highest BCUT2D eigenvalue weighted by molar-refractivity contribution is 7.89. The Bertz CT molecular complexity index is 274. The van der Waals surface area contributed by atoms with E-state index in [1.165, 1.54) is 4.72 Å². The van der Waals surface area contributed by atoms with Crippen LogP contribution in [0.4, 0.5) is 4.79 Å². The Hall–Kier alpha value is -0.980. The number of amides is 2. The van der Waals surface area contributed by atoms with Crippen molar-refractivity contribution < 1.29 is 13.2 Å². The molecule has 0 aliphatic rings. The number of carbonyl (C=O) groups is 1. The van der Waals surface area contributed by atoms with Crippen molar-refractivity contribution in [3.8, 4) is 0 Å². The minimum Gasteiger partial charge on any atom is -0.351 e. The zero-order valence-electron chi connectivity index (χ0n) is 4.57. The van der Waals surface area contributed by atoms with Crippen LogP contribution in [0.25, 0.3) is 0 Å². The molecule has 0 aliphatic carbocycles. The van der Waals surface area contributed by atoms with Gasteiger partial charge in [-0.05, 0) is 12.2 Å². The van der Waals surface area contributed by atoms with Crippen LogP contribution in [0, 0.1) is 0 Å². The Balaban J connectivity index is 4.45. The standard InChI is InChI=1S/C2H3N3O3S2/c3-2(6)5-10(7,8)4-1-9/h(H3,3,5,6). The van der Waals surface area contributed by atoms with Crippen molar-refractivity contribution in [1.82, 2.24) is 4.72 Å². The smallest absolute Gasteiger partial charge is 0.351 e. The van der Waals surface area contributed by atoms with Gasteiger partial charge in [-0.3, -0.25) is 0 Å². The van der Waals surface area contributed by atoms with Gasteiger partial charge in [-0.15, -0.1) is 0 Å². The Morgan fingerprint density at radius 1 is 1.70 bits per heavy atom. The molecule has 2 amide bonds. The number of rotatable bonds is 2. The van der Waals surface area contributed by atoms with E-state index in [4.69, 9.17) is 0 Å². The minimum atomic E-state index is -4.05. The molecular formula is C2H3N3O3S2. The lowest BCUT2D eigenvalue weighted by molar-refractivity contribution is 0.253. The summed E-state index contributed by atoms with van der Waals surface area (Å²) in [5, 5.41) is 1.56. The molecule has 0 atom stereocenters. The van der Waals surface area contributed by atoms with E-state index in [9.17, 15) is 13.2 Å². The molecule has 0 heterocycles. The first-order valence-corrected chi connectivity index (χ1v) is 3.74. The number of hydrogen-bond donors (Lipinski definition) is 2. The Kier molecular flexibility index (Phi) is 2.94. The van der Waals surface area contributed by atoms with Crippen LogP contribution in [0.3, 0.4) is 0 Å². The number of nitrogens with one attached hydrogen (secondary N) is 1. The average molecular weight is 181 g/mol. The fraction of sp³-hybridized carbons (Fsp3) is 0. The third-order valence-electron chi connectivity index (χ3n) is 0.387. The molecule has 0 saturated heterocycles. The van der Waals surface area contributed by atoms with Gasteiger partial charge in [0.25, 0.3) is 0 Å². The van der Waals surface area contributed by atoms with Crippen LogP contribution >= 0.6 is 12.2 Å². The van der Waals surface area contributed by atoms with E-state index in [-0.39, 0.29) is 0 Å². The number of isothiocyanates is 1. The maximum absolute atomic E-state index is 10.3. The SMILES string of the molecule is NC(=O)NS(=O)(=O)N=C=S. The predicted molar refractivity (Wildman–Crippen MR) is 36.7 cm³/mol. The van der Waals surface area contributed by atoms with E-state index in [1.54, 1.807) is 5.16 Å². The summed E-state index contributed by atoms with van der Waals surface area (Å²) in [6.07, 6.45) is 0. The van der Waals surface area contributed by atoms with Crippen LogP contribution in [0.5, 0.6) is 0 Å². The predicted octanol–water partition coefficient (Wildman–Crippen LogP) is -0.998. The summed E-state index contributed by atoms with van der Waals surface area (Å²) < 4.78 is 24.6. The summed E-state index contributed by atoms with van der Waals surface area (Å²) in [5.74, 6) is 0. The minimum absolute atomic E-state index is 1.21. The number of nitrogens with two attached hydrogens (primary N) is 1. The summed E-state index contributed by atoms with van der Waals surface area (Å²) in [6.45, 7) is 0. The topological polar surface area (TPSA) is 102 Å². The molecule has 0 rings (SSSR count). The highest BCUT2D eigenvalue weighted by atomic mass is 32.2. The molecule has 3 N–H and O–H groups in total. The first-order valence-electron chi connectivity index (χ1n) is 1.89. The second-order valence-corrected chi connectivity index (χ2v) is 2.64. The van der Waals surface area contributed by atoms with E-state index in [1.807, 2.05) is 0 Å². The quantitative estimate of drug-likeness (QED) is 0.421. The largest absolute Gasteiger partial charge is 0.354 e. The molecule has 0 fully saturated rings. The fourth-order valence-corrected chi connectivity index (χ4v) is 0.891. The van der Waals surface area contributed by atoms with E-state index in [0.29, 0.717) is 0 Å². The lowest BCUT2D eigenvalue weighted by atomic mass is 11.2. The van der Waals surface area contributed by atoms with Crippen molar-refractivity contribution in [2.45, 2.75) is 0 Å². The van der Waals surface area contributed by atoms with Crippen LogP contribution in [-0.4, -0.2) is 19.6 Å². The number of thiocarbonyl (C=S) groups is 1. The number of primary amides is 1. The molecule has 0 radical (unpaired) electrons. The van der Waals surface area contributed by atoms with Gasteiger partial charge in [-0.25, -0.2) is 9.52 Å². The van der Waals surface area contributed by atoms with Crippen molar-refractivity contribution in [1.29, 1.82) is 0 Å². The molecule has 0 aromatic carbocycles. The molecule has 0 aliphatic heterocycles. The van der Waals surface area contributed by atoms with Crippen LogP contribution in [0.2, 0.25) is 0 Å². The van der Waals surface area contributed by atoms with E-state index >= 15 is 0 Å². The highest BCUT2D eigenvalue weighted by Crippen LogP contribution is 1.80. The maximum atomic E-state index is 10.3. The second kappa shape index (κ2) is 3.25. The van der Waals surface area contributed by atoms with Crippen molar-refractivity contribution in [2.75, 3.05) is 0 Å². The molecule has 8 heteroatoms. The van der Waals surface area contributed by atoms with Crippen molar-refractivity contribution in [2.24, 2.45) is 10.1 Å². The zero-order chi connectivity index (χ0) is 8.20. The molecule has 0 saturated carbocycles. The summed E-state index contributed by atoms with van der Waals surface area (Å²) in [6, 6.07) is -1.21. The number of nitrogens with zero attached hydrogens (tertiary/aromatic N) is 1. The van der Waals surface area contributed by atoms with Gasteiger partial charge in [0, 0.05) is 0 Å². The molecule has 0 aromatic rings. The molecule has 0 aromatic heterocycles. The van der Waals surface area contributed by atoms with E-state index < -0.39 is 16.2 Å². The molecular weight excluding hydrogens is 178 g/mol. The highest BCUT2D eigenvalue weighted by Gasteiger charge is 2.07. The van der Waals surface area contributed by atoms with Gasteiger partial charge < -0.3 is 5.73 Å². The van der Waals surface area contributed by atoms with Crippen molar-refractivity contribution in [3.05, 3.63) is 0 Å². The van der Waals surface area contributed by atoms with Gasteiger partial charge in [0.15, 0.2) is 0 Å². The van der Waals surface area contributed by atoms with Crippen LogP contribution in [0.1, 0.15) is 0 Å². The summed E-state index contributed by atoms with van der Waals surface area (Å²) in [5.41, 5.74) is 4.46. The summed E-state index contributed by atoms with van der Waals surface area (Å²) in [7, 11) is -4.05. The van der Waals surface area contributed by atoms with E-state index in [0.717, 1.165) is 0 Å². The van der Waals surface area contributed by atoms with Gasteiger partial charge in [-0.1, -0.05) is 4.40 Å². The van der Waals surface area contributed by atoms with Gasteiger partial charge in [0.1, 0.15) is 0 Å². The molecule has 6 nitrogen and oxygen atoms in total. The first-order chi connectivity index (χ1) is 4.48. The van der Waals surface area contributed by atoms with Gasteiger partial charge in [-0.2, -0.15) is 8.42 Å². The fourth-order valence-electron chi connectivity index (χ4n) is 0.199. The normalized spacial score (nSPS) is 9.60. The maximum Gasteiger partial charge on any atom is 0.354 e. The van der Waals surface area contributed by atoms with Crippen LogP contribution in [0.15, 0.2) is 4.40 Å². The lowest BCUT2D eigenvalue weighted by Gasteiger charge is -1.92. The van der Waals surface area contributed by atoms with Gasteiger partial charge in [0.05, 0.1) is 5.16 Å². The molecule has 0 bridgehead atoms. The van der Waals surface area contributed by atoms with Gasteiger partial charge >= 0.3 is 16.2 Å². The third-order valence-corrected chi connectivity index (χ3v) is 1.38. The molecule has 10 heavy (non-hydrogen) atoms. The van der Waals surface area contributed by atoms with Gasteiger partial charge in [0.2, 0.25) is 0 Å². The summed E-state index contributed by atoms with van der Waals surface area (Å²) in [4.78, 5) is 9.90. The van der Waals surface area contributed by atoms with Crippen molar-refractivity contribution in [3.63, 3.8) is 0 Å². The average Bonchev–Trinajstić information content (AvgIpc) is 1.59. The molecule has 56 valence electrons. The van der Waals surface area contributed by atoms with Crippen LogP contribution < -0.4 is 10.5 Å². The Labute approximate surface area is 62.3 Å². The Morgan fingerprint density at radius 3 is 2.50 bits per heavy atom. The Morgan fingerprint density at radius 2 is 2.20 bits per heavy atom. The van der Waals surface area contributed by atoms with Crippen LogP contribution in [-0.2, 0) is 10.2 Å². The summed E-state index contributed by atoms with van der Waals surface area (Å²) >= 11 is 3.97. The zero-order valence-corrected chi connectivity index (χ0v) is 6.20. The molecule has 0 unspecified atom stereocenters. The number of carbonyl (C=O) groups excluding carboxylic acids is 1. The first kappa shape index (κ1) is 9.02.